The zero-order valence-corrected chi connectivity index (χ0v) is 8.91. The van der Waals surface area contributed by atoms with Crippen LogP contribution in [-0.4, -0.2) is 41.9 Å². The summed E-state index contributed by atoms with van der Waals surface area (Å²) in [4.78, 5) is 4.36. The van der Waals surface area contributed by atoms with E-state index in [1.807, 2.05) is 18.3 Å². The van der Waals surface area contributed by atoms with Crippen LogP contribution in [-0.2, 0) is 6.54 Å². The van der Waals surface area contributed by atoms with Gasteiger partial charge in [-0.3, -0.25) is 4.68 Å². The highest BCUT2D eigenvalue weighted by molar-refractivity contribution is 5.73. The lowest BCUT2D eigenvalue weighted by Gasteiger charge is -1.96. The van der Waals surface area contributed by atoms with Gasteiger partial charge in [0.25, 0.3) is 0 Å². The van der Waals surface area contributed by atoms with Gasteiger partial charge in [-0.2, -0.15) is 15.4 Å². The fraction of sp³-hybridized carbons (Fsp3) is 0.200. The smallest absolute Gasteiger partial charge is 0.202 e. The third kappa shape index (κ3) is 1.76. The molecule has 3 aromatic heterocycles. The first-order chi connectivity index (χ1) is 8.36. The highest BCUT2D eigenvalue weighted by atomic mass is 16.3. The van der Waals surface area contributed by atoms with E-state index in [4.69, 9.17) is 5.11 Å². The molecule has 86 valence electrons. The molecule has 7 heteroatoms. The van der Waals surface area contributed by atoms with E-state index in [1.165, 1.54) is 0 Å². The van der Waals surface area contributed by atoms with Gasteiger partial charge in [0.2, 0.25) is 5.65 Å². The van der Waals surface area contributed by atoms with Crippen molar-refractivity contribution in [2.75, 3.05) is 6.61 Å². The Morgan fingerprint density at radius 3 is 3.12 bits per heavy atom. The molecule has 0 aliphatic heterocycles. The van der Waals surface area contributed by atoms with Gasteiger partial charge in [0.15, 0.2) is 0 Å². The van der Waals surface area contributed by atoms with Gasteiger partial charge in [-0.05, 0) is 12.1 Å². The Morgan fingerprint density at radius 1 is 1.29 bits per heavy atom. The van der Waals surface area contributed by atoms with Crippen molar-refractivity contribution in [3.05, 3.63) is 24.5 Å². The monoisotopic (exact) mass is 230 g/mol. The fourth-order valence-corrected chi connectivity index (χ4v) is 1.62. The van der Waals surface area contributed by atoms with Gasteiger partial charge in [0, 0.05) is 11.8 Å². The van der Waals surface area contributed by atoms with Gasteiger partial charge in [-0.15, -0.1) is 5.10 Å². The molecule has 2 N–H and O–H groups in total. The lowest BCUT2D eigenvalue weighted by molar-refractivity contribution is 0.269. The van der Waals surface area contributed by atoms with Gasteiger partial charge in [-0.25, -0.2) is 4.98 Å². The van der Waals surface area contributed by atoms with Crippen molar-refractivity contribution in [2.24, 2.45) is 0 Å². The number of aliphatic hydroxyl groups is 1. The molecule has 0 atom stereocenters. The summed E-state index contributed by atoms with van der Waals surface area (Å²) in [5.41, 5.74) is 2.99. The first-order valence-corrected chi connectivity index (χ1v) is 5.18. The highest BCUT2D eigenvalue weighted by Crippen LogP contribution is 2.18. The van der Waals surface area contributed by atoms with E-state index >= 15 is 0 Å². The summed E-state index contributed by atoms with van der Waals surface area (Å²) in [6.07, 6.45) is 3.55. The summed E-state index contributed by atoms with van der Waals surface area (Å²) in [6, 6.07) is 3.72. The van der Waals surface area contributed by atoms with Crippen LogP contribution in [0.2, 0.25) is 0 Å². The normalized spacial score (nSPS) is 11.1. The minimum absolute atomic E-state index is 0.0663. The topological polar surface area (TPSA) is 92.5 Å². The Hall–Kier alpha value is -2.28. The average molecular weight is 230 g/mol. The van der Waals surface area contributed by atoms with E-state index in [1.54, 1.807) is 10.9 Å². The van der Waals surface area contributed by atoms with Crippen LogP contribution in [0.5, 0.6) is 0 Å². The zero-order valence-electron chi connectivity index (χ0n) is 8.91. The number of pyridine rings is 1. The number of nitrogens with one attached hydrogen (secondary N) is 1. The van der Waals surface area contributed by atoms with Gasteiger partial charge in [0.05, 0.1) is 25.0 Å². The molecule has 17 heavy (non-hydrogen) atoms. The molecule has 0 aliphatic carbocycles. The molecule has 0 unspecified atom stereocenters. The first kappa shape index (κ1) is 9.91. The van der Waals surface area contributed by atoms with Crippen molar-refractivity contribution in [1.29, 1.82) is 0 Å². The van der Waals surface area contributed by atoms with Crippen molar-refractivity contribution in [1.82, 2.24) is 30.2 Å². The van der Waals surface area contributed by atoms with Crippen molar-refractivity contribution in [3.63, 3.8) is 0 Å². The third-order valence-electron chi connectivity index (χ3n) is 2.44. The van der Waals surface area contributed by atoms with Crippen LogP contribution in [0.15, 0.2) is 24.5 Å². The van der Waals surface area contributed by atoms with Crippen molar-refractivity contribution >= 4 is 11.2 Å². The maximum atomic E-state index is 8.81. The van der Waals surface area contributed by atoms with Crippen molar-refractivity contribution in [2.45, 2.75) is 6.54 Å². The van der Waals surface area contributed by atoms with E-state index in [-0.39, 0.29) is 6.61 Å². The quantitative estimate of drug-likeness (QED) is 0.671. The molecule has 0 radical (unpaired) electrons. The van der Waals surface area contributed by atoms with Gasteiger partial charge in [-0.1, -0.05) is 0 Å². The van der Waals surface area contributed by atoms with Crippen LogP contribution in [0.1, 0.15) is 0 Å². The van der Waals surface area contributed by atoms with Gasteiger partial charge in [0.1, 0.15) is 5.52 Å². The molecule has 3 rings (SSSR count). The largest absolute Gasteiger partial charge is 0.394 e. The molecule has 0 bridgehead atoms. The highest BCUT2D eigenvalue weighted by Gasteiger charge is 2.06. The summed E-state index contributed by atoms with van der Waals surface area (Å²) < 4.78 is 1.67. The molecule has 0 aliphatic rings. The molecule has 3 heterocycles. The molecule has 0 saturated carbocycles. The lowest BCUT2D eigenvalue weighted by atomic mass is 10.2. The minimum atomic E-state index is 0.0663. The second-order valence-electron chi connectivity index (χ2n) is 3.58. The SMILES string of the molecule is OCCn1cc(-c2ccc3n[nH]nc3n2)cn1. The minimum Gasteiger partial charge on any atom is -0.394 e. The Balaban J connectivity index is 2.00. The Labute approximate surface area is 96.1 Å². The van der Waals surface area contributed by atoms with E-state index in [2.05, 4.69) is 25.5 Å². The van der Waals surface area contributed by atoms with Crippen LogP contribution < -0.4 is 0 Å². The van der Waals surface area contributed by atoms with Crippen molar-refractivity contribution < 1.29 is 5.11 Å². The molecule has 0 fully saturated rings. The second-order valence-corrected chi connectivity index (χ2v) is 3.58. The molecule has 3 aromatic rings. The van der Waals surface area contributed by atoms with Crippen LogP contribution >= 0.6 is 0 Å². The molecule has 0 spiro atoms. The van der Waals surface area contributed by atoms with E-state index in [0.29, 0.717) is 12.2 Å². The number of aromatic amines is 1. The Morgan fingerprint density at radius 2 is 2.24 bits per heavy atom. The number of H-pyrrole nitrogens is 1. The number of fused-ring (bicyclic) bond motifs is 1. The Kier molecular flexibility index (Phi) is 2.30. The van der Waals surface area contributed by atoms with Crippen LogP contribution in [0.3, 0.4) is 0 Å². The number of aliphatic hydroxyl groups excluding tert-OH is 1. The first-order valence-electron chi connectivity index (χ1n) is 5.18. The molecule has 0 saturated heterocycles. The zero-order chi connectivity index (χ0) is 11.7. The maximum absolute atomic E-state index is 8.81. The molecular formula is C10H10N6O. The average Bonchev–Trinajstić information content (AvgIpc) is 2.96. The molecule has 0 amide bonds. The van der Waals surface area contributed by atoms with Gasteiger partial charge >= 0.3 is 0 Å². The lowest BCUT2D eigenvalue weighted by Crippen LogP contribution is -2.01. The summed E-state index contributed by atoms with van der Waals surface area (Å²) >= 11 is 0. The predicted octanol–water partition coefficient (Wildman–Crippen LogP) is 0.209. The maximum Gasteiger partial charge on any atom is 0.202 e. The Bertz CT molecular complexity index is 643. The summed E-state index contributed by atoms with van der Waals surface area (Å²) in [6.45, 7) is 0.545. The number of hydrogen-bond acceptors (Lipinski definition) is 5. The third-order valence-corrected chi connectivity index (χ3v) is 2.44. The molecule has 7 nitrogen and oxygen atoms in total. The summed E-state index contributed by atoms with van der Waals surface area (Å²) in [5.74, 6) is 0. The summed E-state index contributed by atoms with van der Waals surface area (Å²) in [7, 11) is 0. The number of nitrogens with zero attached hydrogens (tertiary/aromatic N) is 5. The number of aromatic nitrogens is 6. The summed E-state index contributed by atoms with van der Waals surface area (Å²) in [5, 5.41) is 23.3. The number of hydrogen-bond donors (Lipinski definition) is 2. The number of rotatable bonds is 3. The molecular weight excluding hydrogens is 220 g/mol. The standard InChI is InChI=1S/C10H10N6O/c17-4-3-16-6-7(5-11-16)8-1-2-9-10(12-8)14-15-13-9/h1-2,5-6,17H,3-4H2,(H,12,13,14,15). The second kappa shape index (κ2) is 3.95. The van der Waals surface area contributed by atoms with Crippen LogP contribution in [0.4, 0.5) is 0 Å². The van der Waals surface area contributed by atoms with E-state index in [0.717, 1.165) is 16.8 Å². The van der Waals surface area contributed by atoms with Gasteiger partial charge < -0.3 is 5.11 Å². The van der Waals surface area contributed by atoms with Crippen LogP contribution in [0.25, 0.3) is 22.4 Å². The van der Waals surface area contributed by atoms with Crippen LogP contribution in [0, 0.1) is 0 Å². The predicted molar refractivity (Wildman–Crippen MR) is 60.0 cm³/mol. The van der Waals surface area contributed by atoms with E-state index in [9.17, 15) is 0 Å². The fourth-order valence-electron chi connectivity index (χ4n) is 1.62. The molecule has 0 aromatic carbocycles. The van der Waals surface area contributed by atoms with Crippen molar-refractivity contribution in [3.8, 4) is 11.3 Å². The van der Waals surface area contributed by atoms with E-state index < -0.39 is 0 Å².